The van der Waals surface area contributed by atoms with Gasteiger partial charge in [-0.2, -0.15) is 4.80 Å². The zero-order valence-corrected chi connectivity index (χ0v) is 16.8. The molecule has 2 fully saturated rings. The Bertz CT molecular complexity index is 873. The van der Waals surface area contributed by atoms with Gasteiger partial charge in [0, 0.05) is 18.8 Å². The van der Waals surface area contributed by atoms with E-state index in [4.69, 9.17) is 4.74 Å². The van der Waals surface area contributed by atoms with Crippen LogP contribution in [0, 0.1) is 0 Å². The largest absolute Gasteiger partial charge is 0.363 e. The summed E-state index contributed by atoms with van der Waals surface area (Å²) in [6, 6.07) is 9.77. The van der Waals surface area contributed by atoms with Crippen LogP contribution in [0.15, 0.2) is 30.3 Å². The molecule has 0 atom stereocenters. The quantitative estimate of drug-likeness (QED) is 0.769. The van der Waals surface area contributed by atoms with Crippen molar-refractivity contribution in [3.05, 3.63) is 36.2 Å². The van der Waals surface area contributed by atoms with Crippen molar-refractivity contribution in [3.8, 4) is 0 Å². The van der Waals surface area contributed by atoms with Gasteiger partial charge in [0.05, 0.1) is 24.6 Å². The number of hydrogen-bond donors (Lipinski definition) is 0. The Morgan fingerprint density at radius 1 is 1.21 bits per heavy atom. The molecule has 0 radical (unpaired) electrons. The molecule has 1 aromatic carbocycles. The van der Waals surface area contributed by atoms with Crippen LogP contribution in [0.5, 0.6) is 0 Å². The SMILES string of the molecule is CC(C)n1nnc(CC(=O)N2CCC3(CC2)CN(c2ccccc2)C(=O)CO3)n1. The Morgan fingerprint density at radius 3 is 2.59 bits per heavy atom. The van der Waals surface area contributed by atoms with Gasteiger partial charge in [-0.05, 0) is 44.0 Å². The van der Waals surface area contributed by atoms with Crippen molar-refractivity contribution in [2.75, 3.05) is 31.1 Å². The number of carbonyl (C=O) groups excluding carboxylic acids is 2. The zero-order chi connectivity index (χ0) is 20.4. The van der Waals surface area contributed by atoms with E-state index in [2.05, 4.69) is 15.4 Å². The van der Waals surface area contributed by atoms with Crippen LogP contribution in [0.25, 0.3) is 0 Å². The molecule has 2 aromatic rings. The van der Waals surface area contributed by atoms with Gasteiger partial charge >= 0.3 is 0 Å². The average Bonchev–Trinajstić information content (AvgIpc) is 3.20. The van der Waals surface area contributed by atoms with Gasteiger partial charge in [-0.1, -0.05) is 18.2 Å². The maximum Gasteiger partial charge on any atom is 0.253 e. The first-order chi connectivity index (χ1) is 14.0. The number of aromatic nitrogens is 4. The highest BCUT2D eigenvalue weighted by Gasteiger charge is 2.43. The minimum absolute atomic E-state index is 0.00467. The third kappa shape index (κ3) is 4.14. The smallest absolute Gasteiger partial charge is 0.253 e. The third-order valence-corrected chi connectivity index (χ3v) is 5.59. The number of rotatable bonds is 4. The maximum absolute atomic E-state index is 12.7. The second-order valence-electron chi connectivity index (χ2n) is 7.96. The summed E-state index contributed by atoms with van der Waals surface area (Å²) in [5.41, 5.74) is 0.484. The van der Waals surface area contributed by atoms with E-state index in [0.717, 1.165) is 5.69 Å². The second kappa shape index (κ2) is 7.90. The molecule has 0 bridgehead atoms. The number of para-hydroxylation sites is 1. The highest BCUT2D eigenvalue weighted by Crippen LogP contribution is 2.32. The van der Waals surface area contributed by atoms with Crippen molar-refractivity contribution in [3.63, 3.8) is 0 Å². The molecule has 1 aromatic heterocycles. The number of tetrazole rings is 1. The summed E-state index contributed by atoms with van der Waals surface area (Å²) in [5, 5.41) is 12.2. The standard InChI is InChI=1S/C20H26N6O3/c1-15(2)26-22-17(21-23-26)12-18(27)24-10-8-20(9-11-24)14-25(19(28)13-29-20)16-6-4-3-5-7-16/h3-7,15H,8-14H2,1-2H3. The molecular formula is C20H26N6O3. The normalized spacial score (nSPS) is 19.2. The van der Waals surface area contributed by atoms with Gasteiger partial charge in [0.2, 0.25) is 5.91 Å². The minimum Gasteiger partial charge on any atom is -0.363 e. The second-order valence-corrected chi connectivity index (χ2v) is 7.96. The van der Waals surface area contributed by atoms with Crippen molar-refractivity contribution in [2.45, 2.75) is 44.8 Å². The Hall–Kier alpha value is -2.81. The monoisotopic (exact) mass is 398 g/mol. The fourth-order valence-corrected chi connectivity index (χ4v) is 3.82. The Morgan fingerprint density at radius 2 is 1.93 bits per heavy atom. The Labute approximate surface area is 169 Å². The lowest BCUT2D eigenvalue weighted by Crippen LogP contribution is -2.59. The summed E-state index contributed by atoms with van der Waals surface area (Å²) in [7, 11) is 0. The van der Waals surface area contributed by atoms with Gasteiger partial charge < -0.3 is 14.5 Å². The topological polar surface area (TPSA) is 93.5 Å². The predicted octanol–water partition coefficient (Wildman–Crippen LogP) is 1.22. The maximum atomic E-state index is 12.7. The van der Waals surface area contributed by atoms with Gasteiger partial charge in [-0.3, -0.25) is 9.59 Å². The van der Waals surface area contributed by atoms with E-state index in [9.17, 15) is 9.59 Å². The number of amides is 2. The lowest BCUT2D eigenvalue weighted by atomic mass is 9.89. The molecule has 3 heterocycles. The number of nitrogens with zero attached hydrogens (tertiary/aromatic N) is 6. The van der Waals surface area contributed by atoms with E-state index in [-0.39, 0.29) is 30.9 Å². The van der Waals surface area contributed by atoms with Crippen molar-refractivity contribution >= 4 is 17.5 Å². The third-order valence-electron chi connectivity index (χ3n) is 5.59. The van der Waals surface area contributed by atoms with Crippen LogP contribution in [0.3, 0.4) is 0 Å². The Kier molecular flexibility index (Phi) is 5.31. The molecule has 0 aliphatic carbocycles. The van der Waals surface area contributed by atoms with Crippen molar-refractivity contribution in [1.29, 1.82) is 0 Å². The summed E-state index contributed by atoms with van der Waals surface area (Å²) in [6.45, 7) is 5.70. The van der Waals surface area contributed by atoms with E-state index in [1.807, 2.05) is 49.1 Å². The number of hydrogen-bond acceptors (Lipinski definition) is 6. The molecule has 154 valence electrons. The first-order valence-corrected chi connectivity index (χ1v) is 10.0. The molecule has 1 spiro atoms. The highest BCUT2D eigenvalue weighted by atomic mass is 16.5. The van der Waals surface area contributed by atoms with Crippen LogP contribution in [-0.4, -0.2) is 68.8 Å². The molecule has 2 aliphatic heterocycles. The fourth-order valence-electron chi connectivity index (χ4n) is 3.82. The summed E-state index contributed by atoms with van der Waals surface area (Å²) in [4.78, 5) is 30.2. The van der Waals surface area contributed by atoms with Crippen LogP contribution in [-0.2, 0) is 20.7 Å². The van der Waals surface area contributed by atoms with E-state index in [1.54, 1.807) is 4.90 Å². The van der Waals surface area contributed by atoms with Crippen LogP contribution in [0.2, 0.25) is 0 Å². The number of piperidine rings is 1. The van der Waals surface area contributed by atoms with Gasteiger partial charge in [-0.25, -0.2) is 0 Å². The molecule has 0 saturated carbocycles. The summed E-state index contributed by atoms with van der Waals surface area (Å²) in [6.07, 6.45) is 1.54. The minimum atomic E-state index is -0.403. The molecule has 29 heavy (non-hydrogen) atoms. The van der Waals surface area contributed by atoms with Crippen molar-refractivity contribution in [1.82, 2.24) is 25.1 Å². The summed E-state index contributed by atoms with van der Waals surface area (Å²) in [5.74, 6) is 0.411. The molecule has 9 heteroatoms. The number of likely N-dealkylation sites (tertiary alicyclic amines) is 1. The van der Waals surface area contributed by atoms with Crippen LogP contribution in [0.4, 0.5) is 5.69 Å². The molecule has 2 aliphatic rings. The summed E-state index contributed by atoms with van der Waals surface area (Å²) >= 11 is 0. The molecule has 0 unspecified atom stereocenters. The van der Waals surface area contributed by atoms with Crippen LogP contribution in [0.1, 0.15) is 38.6 Å². The molecular weight excluding hydrogens is 372 g/mol. The van der Waals surface area contributed by atoms with E-state index in [0.29, 0.717) is 38.3 Å². The van der Waals surface area contributed by atoms with E-state index < -0.39 is 5.60 Å². The molecule has 9 nitrogen and oxygen atoms in total. The van der Waals surface area contributed by atoms with Crippen molar-refractivity contribution in [2.24, 2.45) is 0 Å². The van der Waals surface area contributed by atoms with Crippen LogP contribution >= 0.6 is 0 Å². The van der Waals surface area contributed by atoms with Gasteiger partial charge in [0.1, 0.15) is 6.61 Å². The van der Waals surface area contributed by atoms with Crippen molar-refractivity contribution < 1.29 is 14.3 Å². The number of morpholine rings is 1. The highest BCUT2D eigenvalue weighted by molar-refractivity contribution is 5.95. The predicted molar refractivity (Wildman–Crippen MR) is 105 cm³/mol. The fraction of sp³-hybridized carbons (Fsp3) is 0.550. The number of ether oxygens (including phenoxy) is 1. The first-order valence-electron chi connectivity index (χ1n) is 10.0. The van der Waals surface area contributed by atoms with Gasteiger partial charge in [0.25, 0.3) is 5.91 Å². The lowest BCUT2D eigenvalue weighted by Gasteiger charge is -2.47. The lowest BCUT2D eigenvalue weighted by molar-refractivity contribution is -0.150. The zero-order valence-electron chi connectivity index (χ0n) is 16.8. The number of anilines is 1. The molecule has 0 N–H and O–H groups in total. The first kappa shape index (κ1) is 19.5. The number of benzene rings is 1. The van der Waals surface area contributed by atoms with E-state index in [1.165, 1.54) is 4.80 Å². The van der Waals surface area contributed by atoms with Crippen LogP contribution < -0.4 is 4.90 Å². The number of carbonyl (C=O) groups is 2. The van der Waals surface area contributed by atoms with E-state index >= 15 is 0 Å². The molecule has 2 amide bonds. The summed E-state index contributed by atoms with van der Waals surface area (Å²) < 4.78 is 5.98. The van der Waals surface area contributed by atoms with Gasteiger partial charge in [-0.15, -0.1) is 10.2 Å². The Balaban J connectivity index is 1.36. The average molecular weight is 398 g/mol. The van der Waals surface area contributed by atoms with Gasteiger partial charge in [0.15, 0.2) is 5.82 Å². The molecule has 2 saturated heterocycles. The molecule has 4 rings (SSSR count).